The standard InChI is InChI=1S/C26H27Cl2N3O3/c1-3-17-5-7-18(8-6-17)24-16-23(26(33)34-4-2)29-31(24)20-11-13-30(14-12-20)25(32)21-10-9-19(27)15-22(21)28/h5-10,15-16,20H,3-4,11-14H2,1-2H3. The molecule has 0 radical (unpaired) electrons. The molecule has 6 nitrogen and oxygen atoms in total. The Labute approximate surface area is 209 Å². The summed E-state index contributed by atoms with van der Waals surface area (Å²) < 4.78 is 7.10. The summed E-state index contributed by atoms with van der Waals surface area (Å²) in [5.41, 5.74) is 3.85. The van der Waals surface area contributed by atoms with Crippen LogP contribution in [0.2, 0.25) is 10.0 Å². The summed E-state index contributed by atoms with van der Waals surface area (Å²) in [6.07, 6.45) is 2.37. The van der Waals surface area contributed by atoms with E-state index in [9.17, 15) is 9.59 Å². The Kier molecular flexibility index (Phi) is 7.59. The van der Waals surface area contributed by atoms with Gasteiger partial charge < -0.3 is 9.64 Å². The predicted molar refractivity (Wildman–Crippen MR) is 134 cm³/mol. The highest BCUT2D eigenvalue weighted by molar-refractivity contribution is 6.36. The second-order valence-corrected chi connectivity index (χ2v) is 9.12. The van der Waals surface area contributed by atoms with Gasteiger partial charge in [0.25, 0.3) is 5.91 Å². The largest absolute Gasteiger partial charge is 0.461 e. The molecule has 1 fully saturated rings. The number of ether oxygens (including phenoxy) is 1. The Bertz CT molecular complexity index is 1180. The molecule has 4 rings (SSSR count). The number of carbonyl (C=O) groups excluding carboxylic acids is 2. The summed E-state index contributed by atoms with van der Waals surface area (Å²) in [5, 5.41) is 5.47. The molecule has 1 aliphatic heterocycles. The summed E-state index contributed by atoms with van der Waals surface area (Å²) in [4.78, 5) is 27.2. The van der Waals surface area contributed by atoms with Crippen LogP contribution >= 0.6 is 23.2 Å². The number of amides is 1. The zero-order valence-electron chi connectivity index (χ0n) is 19.3. The van der Waals surface area contributed by atoms with Gasteiger partial charge in [-0.1, -0.05) is 54.4 Å². The van der Waals surface area contributed by atoms with Crippen molar-refractivity contribution >= 4 is 35.1 Å². The van der Waals surface area contributed by atoms with E-state index in [4.69, 9.17) is 27.9 Å². The van der Waals surface area contributed by atoms with Gasteiger partial charge in [-0.05, 0) is 61.6 Å². The molecule has 8 heteroatoms. The van der Waals surface area contributed by atoms with Crippen LogP contribution in [0.4, 0.5) is 0 Å². The van der Waals surface area contributed by atoms with Crippen LogP contribution in [0, 0.1) is 0 Å². The van der Waals surface area contributed by atoms with Gasteiger partial charge in [0.1, 0.15) is 0 Å². The van der Waals surface area contributed by atoms with Crippen LogP contribution in [0.1, 0.15) is 59.1 Å². The maximum absolute atomic E-state index is 13.0. The Hall–Kier alpha value is -2.83. The molecule has 2 heterocycles. The first-order valence-electron chi connectivity index (χ1n) is 11.5. The van der Waals surface area contributed by atoms with Crippen molar-refractivity contribution in [3.8, 4) is 11.3 Å². The lowest BCUT2D eigenvalue weighted by molar-refractivity contribution is 0.0517. The maximum Gasteiger partial charge on any atom is 0.358 e. The molecule has 0 aliphatic carbocycles. The monoisotopic (exact) mass is 499 g/mol. The zero-order chi connectivity index (χ0) is 24.2. The third-order valence-electron chi connectivity index (χ3n) is 6.14. The number of benzene rings is 2. The lowest BCUT2D eigenvalue weighted by Gasteiger charge is -2.33. The third-order valence-corrected chi connectivity index (χ3v) is 6.69. The van der Waals surface area contributed by atoms with E-state index in [-0.39, 0.29) is 11.9 Å². The molecular formula is C26H27Cl2N3O3. The number of hydrogen-bond acceptors (Lipinski definition) is 4. The molecule has 0 saturated carbocycles. The normalized spacial score (nSPS) is 14.3. The van der Waals surface area contributed by atoms with E-state index in [1.807, 2.05) is 4.68 Å². The van der Waals surface area contributed by atoms with E-state index in [0.29, 0.717) is 53.8 Å². The first-order chi connectivity index (χ1) is 16.4. The Balaban J connectivity index is 1.56. The van der Waals surface area contributed by atoms with Crippen molar-refractivity contribution in [3.05, 3.63) is 75.4 Å². The molecule has 178 valence electrons. The number of carbonyl (C=O) groups is 2. The van der Waals surface area contributed by atoms with E-state index in [1.165, 1.54) is 5.56 Å². The molecule has 34 heavy (non-hydrogen) atoms. The molecule has 0 atom stereocenters. The van der Waals surface area contributed by atoms with Crippen molar-refractivity contribution in [1.29, 1.82) is 0 Å². The number of piperidine rings is 1. The minimum atomic E-state index is -0.433. The van der Waals surface area contributed by atoms with E-state index in [1.54, 1.807) is 36.1 Å². The lowest BCUT2D eigenvalue weighted by Crippen LogP contribution is -2.39. The Morgan fingerprint density at radius 3 is 2.35 bits per heavy atom. The number of esters is 1. The van der Waals surface area contributed by atoms with Crippen molar-refractivity contribution < 1.29 is 14.3 Å². The summed E-state index contributed by atoms with van der Waals surface area (Å²) in [6, 6.07) is 15.1. The van der Waals surface area contributed by atoms with Gasteiger partial charge in [-0.3, -0.25) is 9.48 Å². The predicted octanol–water partition coefficient (Wildman–Crippen LogP) is 6.07. The number of rotatable bonds is 6. The molecule has 3 aromatic rings. The van der Waals surface area contributed by atoms with Crippen LogP contribution in [-0.2, 0) is 11.2 Å². The summed E-state index contributed by atoms with van der Waals surface area (Å²) >= 11 is 12.2. The molecule has 1 saturated heterocycles. The van der Waals surface area contributed by atoms with Crippen LogP contribution in [0.3, 0.4) is 0 Å². The molecular weight excluding hydrogens is 473 g/mol. The number of likely N-dealkylation sites (tertiary alicyclic amines) is 1. The van der Waals surface area contributed by atoms with Gasteiger partial charge in [-0.15, -0.1) is 0 Å². The number of aromatic nitrogens is 2. The fraction of sp³-hybridized carbons (Fsp3) is 0.346. The molecule has 0 unspecified atom stereocenters. The van der Waals surface area contributed by atoms with Crippen molar-refractivity contribution in [3.63, 3.8) is 0 Å². The highest BCUT2D eigenvalue weighted by Gasteiger charge is 2.29. The molecule has 0 bridgehead atoms. The maximum atomic E-state index is 13.0. The van der Waals surface area contributed by atoms with Crippen LogP contribution in [0.5, 0.6) is 0 Å². The lowest BCUT2D eigenvalue weighted by atomic mass is 10.0. The van der Waals surface area contributed by atoms with Gasteiger partial charge >= 0.3 is 5.97 Å². The highest BCUT2D eigenvalue weighted by atomic mass is 35.5. The SMILES string of the molecule is CCOC(=O)c1cc(-c2ccc(CC)cc2)n(C2CCN(C(=O)c3ccc(Cl)cc3Cl)CC2)n1. The average Bonchev–Trinajstić information content (AvgIpc) is 3.30. The van der Waals surface area contributed by atoms with Gasteiger partial charge in [-0.25, -0.2) is 4.79 Å². The first kappa shape index (κ1) is 24.3. The van der Waals surface area contributed by atoms with E-state index in [0.717, 1.165) is 17.7 Å². The minimum Gasteiger partial charge on any atom is -0.461 e. The molecule has 1 amide bonds. The number of halogens is 2. The van der Waals surface area contributed by atoms with Crippen LogP contribution < -0.4 is 0 Å². The third kappa shape index (κ3) is 5.13. The number of nitrogens with zero attached hydrogens (tertiary/aromatic N) is 3. The summed E-state index contributed by atoms with van der Waals surface area (Å²) in [7, 11) is 0. The highest BCUT2D eigenvalue weighted by Crippen LogP contribution is 2.31. The van der Waals surface area contributed by atoms with Gasteiger partial charge in [0, 0.05) is 18.1 Å². The van der Waals surface area contributed by atoms with Gasteiger partial charge in [-0.2, -0.15) is 5.10 Å². The van der Waals surface area contributed by atoms with Crippen molar-refractivity contribution in [1.82, 2.24) is 14.7 Å². The zero-order valence-corrected chi connectivity index (χ0v) is 20.8. The average molecular weight is 500 g/mol. The number of hydrogen-bond donors (Lipinski definition) is 0. The fourth-order valence-electron chi connectivity index (χ4n) is 4.25. The molecule has 2 aromatic carbocycles. The topological polar surface area (TPSA) is 64.4 Å². The van der Waals surface area contributed by atoms with Crippen LogP contribution in [0.25, 0.3) is 11.3 Å². The Morgan fingerprint density at radius 1 is 1.03 bits per heavy atom. The summed E-state index contributed by atoms with van der Waals surface area (Å²) in [5.74, 6) is -0.541. The summed E-state index contributed by atoms with van der Waals surface area (Å²) in [6.45, 7) is 5.31. The molecule has 1 aromatic heterocycles. The molecule has 1 aliphatic rings. The van der Waals surface area contributed by atoms with Gasteiger partial charge in [0.05, 0.1) is 28.9 Å². The molecule has 0 N–H and O–H groups in total. The van der Waals surface area contributed by atoms with E-state index < -0.39 is 5.97 Å². The van der Waals surface area contributed by atoms with E-state index >= 15 is 0 Å². The molecule has 0 spiro atoms. The fourth-order valence-corrected chi connectivity index (χ4v) is 4.74. The second kappa shape index (κ2) is 10.6. The van der Waals surface area contributed by atoms with Crippen LogP contribution in [0.15, 0.2) is 48.5 Å². The van der Waals surface area contributed by atoms with Crippen molar-refractivity contribution in [2.45, 2.75) is 39.2 Å². The van der Waals surface area contributed by atoms with Gasteiger partial charge in [0.2, 0.25) is 0 Å². The van der Waals surface area contributed by atoms with Gasteiger partial charge in [0.15, 0.2) is 5.69 Å². The smallest absolute Gasteiger partial charge is 0.358 e. The minimum absolute atomic E-state index is 0.0498. The Morgan fingerprint density at radius 2 is 1.74 bits per heavy atom. The number of aryl methyl sites for hydroxylation is 1. The van der Waals surface area contributed by atoms with Crippen LogP contribution in [-0.4, -0.2) is 46.3 Å². The van der Waals surface area contributed by atoms with Crippen molar-refractivity contribution in [2.75, 3.05) is 19.7 Å². The first-order valence-corrected chi connectivity index (χ1v) is 12.3. The quantitative estimate of drug-likeness (QED) is 0.385. The second-order valence-electron chi connectivity index (χ2n) is 8.28. The van der Waals surface area contributed by atoms with Crippen molar-refractivity contribution in [2.24, 2.45) is 0 Å². The van der Waals surface area contributed by atoms with E-state index in [2.05, 4.69) is 36.3 Å².